The fraction of sp³-hybridized carbons (Fsp3) is 0.545. The predicted molar refractivity (Wildman–Crippen MR) is 106 cm³/mol. The average Bonchev–Trinajstić information content (AvgIpc) is 2.69. The number of nitrogens with one attached hydrogen (secondary N) is 2. The molecule has 0 heterocycles. The molecule has 8 nitrogen and oxygen atoms in total. The van der Waals surface area contributed by atoms with Crippen molar-refractivity contribution < 1.29 is 28.7 Å². The number of urea groups is 1. The zero-order chi connectivity index (χ0) is 21.3. The summed E-state index contributed by atoms with van der Waals surface area (Å²) in [6.07, 6.45) is 6.68. The second-order valence-electron chi connectivity index (χ2n) is 8.81. The third kappa shape index (κ3) is 4.17. The summed E-state index contributed by atoms with van der Waals surface area (Å²) in [5.74, 6) is -0.232. The van der Waals surface area contributed by atoms with Crippen molar-refractivity contribution in [3.8, 4) is 0 Å². The van der Waals surface area contributed by atoms with Crippen LogP contribution in [-0.4, -0.2) is 43.1 Å². The van der Waals surface area contributed by atoms with Gasteiger partial charge in [0.25, 0.3) is 5.91 Å². The molecular formula is C22H26N2O6. The van der Waals surface area contributed by atoms with Crippen molar-refractivity contribution in [3.63, 3.8) is 0 Å². The van der Waals surface area contributed by atoms with Crippen molar-refractivity contribution in [1.82, 2.24) is 10.6 Å². The largest absolute Gasteiger partial charge is 0.465 e. The van der Waals surface area contributed by atoms with Crippen LogP contribution in [0.25, 0.3) is 0 Å². The fourth-order valence-corrected chi connectivity index (χ4v) is 5.86. The highest BCUT2D eigenvalue weighted by molar-refractivity contribution is 6.04. The van der Waals surface area contributed by atoms with Crippen LogP contribution in [0.3, 0.4) is 0 Å². The second-order valence-corrected chi connectivity index (χ2v) is 8.81. The zero-order valence-corrected chi connectivity index (χ0v) is 16.9. The quantitative estimate of drug-likeness (QED) is 0.716. The summed E-state index contributed by atoms with van der Waals surface area (Å²) in [5, 5.41) is 5.29. The summed E-state index contributed by atoms with van der Waals surface area (Å²) in [5.41, 5.74) is -0.171. The Balaban J connectivity index is 1.29. The van der Waals surface area contributed by atoms with E-state index < -0.39 is 30.5 Å². The van der Waals surface area contributed by atoms with Gasteiger partial charge in [-0.25, -0.2) is 14.4 Å². The molecule has 0 saturated heterocycles. The first kappa shape index (κ1) is 20.4. The van der Waals surface area contributed by atoms with Gasteiger partial charge in [-0.1, -0.05) is 12.1 Å². The number of esters is 2. The van der Waals surface area contributed by atoms with Crippen LogP contribution in [0.4, 0.5) is 4.79 Å². The highest BCUT2D eigenvalue weighted by Gasteiger charge is 2.51. The number of hydrogen-bond acceptors (Lipinski definition) is 6. The Hall–Kier alpha value is -2.90. The lowest BCUT2D eigenvalue weighted by atomic mass is 9.53. The first-order valence-electron chi connectivity index (χ1n) is 10.3. The molecule has 8 heteroatoms. The molecule has 4 fully saturated rings. The van der Waals surface area contributed by atoms with Crippen molar-refractivity contribution in [2.24, 2.45) is 17.8 Å². The number of rotatable bonds is 5. The number of hydrogen-bond donors (Lipinski definition) is 2. The number of carbonyl (C=O) groups excluding carboxylic acids is 4. The van der Waals surface area contributed by atoms with E-state index in [1.54, 1.807) is 12.1 Å². The normalized spacial score (nSPS) is 28.5. The number of methoxy groups -OCH3 is 1. The van der Waals surface area contributed by atoms with Crippen LogP contribution in [0.15, 0.2) is 24.3 Å². The number of ether oxygens (including phenoxy) is 2. The Morgan fingerprint density at radius 2 is 1.47 bits per heavy atom. The monoisotopic (exact) mass is 414 g/mol. The van der Waals surface area contributed by atoms with Gasteiger partial charge >= 0.3 is 18.0 Å². The van der Waals surface area contributed by atoms with Crippen LogP contribution in [0.2, 0.25) is 0 Å². The van der Waals surface area contributed by atoms with Gasteiger partial charge in [-0.15, -0.1) is 0 Å². The van der Waals surface area contributed by atoms with Gasteiger partial charge in [0, 0.05) is 5.54 Å². The maximum Gasteiger partial charge on any atom is 0.339 e. The number of carbonyl (C=O) groups is 4. The third-order valence-electron chi connectivity index (χ3n) is 6.56. The minimum absolute atomic E-state index is 0.00447. The van der Waals surface area contributed by atoms with Crippen LogP contribution >= 0.6 is 0 Å². The predicted octanol–water partition coefficient (Wildman–Crippen LogP) is 2.42. The van der Waals surface area contributed by atoms with Crippen LogP contribution in [0.5, 0.6) is 0 Å². The summed E-state index contributed by atoms with van der Waals surface area (Å²) < 4.78 is 9.62. The molecule has 4 bridgehead atoms. The van der Waals surface area contributed by atoms with Gasteiger partial charge in [-0.3, -0.25) is 10.1 Å². The number of imide groups is 1. The lowest BCUT2D eigenvalue weighted by Crippen LogP contribution is -2.62. The van der Waals surface area contributed by atoms with Crippen LogP contribution < -0.4 is 10.6 Å². The first-order valence-corrected chi connectivity index (χ1v) is 10.3. The molecule has 5 rings (SSSR count). The molecule has 30 heavy (non-hydrogen) atoms. The molecule has 0 aliphatic heterocycles. The van der Waals surface area contributed by atoms with Crippen LogP contribution in [0, 0.1) is 17.8 Å². The lowest BCUT2D eigenvalue weighted by molar-refractivity contribution is -0.123. The van der Waals surface area contributed by atoms with E-state index in [9.17, 15) is 19.2 Å². The molecule has 160 valence electrons. The number of amides is 3. The van der Waals surface area contributed by atoms with Crippen molar-refractivity contribution in [1.29, 1.82) is 0 Å². The minimum atomic E-state index is -0.840. The highest BCUT2D eigenvalue weighted by Crippen LogP contribution is 2.55. The van der Waals surface area contributed by atoms with E-state index in [2.05, 4.69) is 15.4 Å². The molecule has 0 spiro atoms. The summed E-state index contributed by atoms with van der Waals surface area (Å²) in [4.78, 5) is 48.5. The number of benzene rings is 1. The minimum Gasteiger partial charge on any atom is -0.465 e. The Kier molecular flexibility index (Phi) is 5.49. The van der Waals surface area contributed by atoms with E-state index in [0.717, 1.165) is 19.3 Å². The van der Waals surface area contributed by atoms with Gasteiger partial charge < -0.3 is 14.8 Å². The molecule has 0 aromatic heterocycles. The van der Waals surface area contributed by atoms with E-state index in [0.29, 0.717) is 17.8 Å². The van der Waals surface area contributed by atoms with Gasteiger partial charge in [0.05, 0.1) is 18.2 Å². The Morgan fingerprint density at radius 3 is 2.00 bits per heavy atom. The summed E-state index contributed by atoms with van der Waals surface area (Å²) >= 11 is 0. The Morgan fingerprint density at radius 1 is 0.933 bits per heavy atom. The maximum atomic E-state index is 12.4. The van der Waals surface area contributed by atoms with E-state index in [1.807, 2.05) is 0 Å². The van der Waals surface area contributed by atoms with E-state index >= 15 is 0 Å². The van der Waals surface area contributed by atoms with Crippen molar-refractivity contribution in [2.45, 2.75) is 44.1 Å². The molecule has 0 radical (unpaired) electrons. The summed E-state index contributed by atoms with van der Waals surface area (Å²) in [7, 11) is 1.21. The van der Waals surface area contributed by atoms with Gasteiger partial charge in [0.15, 0.2) is 6.61 Å². The molecule has 3 amide bonds. The van der Waals surface area contributed by atoms with Crippen molar-refractivity contribution >= 4 is 23.9 Å². The topological polar surface area (TPSA) is 111 Å². The van der Waals surface area contributed by atoms with Gasteiger partial charge in [0.2, 0.25) is 0 Å². The molecule has 4 aliphatic rings. The van der Waals surface area contributed by atoms with Gasteiger partial charge in [-0.2, -0.15) is 0 Å². The maximum absolute atomic E-state index is 12.4. The Bertz CT molecular complexity index is 845. The standard InChI is InChI=1S/C22H26N2O6/c1-29-19(26)16-4-2-3-5-17(16)20(27)30-12-18(25)23-21(28)24-22-9-13-6-14(10-22)8-15(7-13)11-22/h2-5,13-15H,6-12H2,1H3,(H2,23,24,25,28). The molecule has 0 unspecified atom stereocenters. The molecule has 4 saturated carbocycles. The molecule has 2 N–H and O–H groups in total. The average molecular weight is 414 g/mol. The van der Waals surface area contributed by atoms with Crippen molar-refractivity contribution in [3.05, 3.63) is 35.4 Å². The molecule has 1 aromatic rings. The zero-order valence-electron chi connectivity index (χ0n) is 16.9. The van der Waals surface area contributed by atoms with E-state index in [-0.39, 0.29) is 16.7 Å². The van der Waals surface area contributed by atoms with Crippen LogP contribution in [0.1, 0.15) is 59.2 Å². The van der Waals surface area contributed by atoms with Gasteiger partial charge in [0.1, 0.15) is 0 Å². The van der Waals surface area contributed by atoms with E-state index in [4.69, 9.17) is 4.74 Å². The smallest absolute Gasteiger partial charge is 0.339 e. The van der Waals surface area contributed by atoms with Crippen LogP contribution in [-0.2, 0) is 14.3 Å². The Labute approximate surface area is 174 Å². The molecule has 0 atom stereocenters. The van der Waals surface area contributed by atoms with Gasteiger partial charge in [-0.05, 0) is 68.4 Å². The first-order chi connectivity index (χ1) is 14.4. The molecule has 1 aromatic carbocycles. The molecular weight excluding hydrogens is 388 g/mol. The fourth-order valence-electron chi connectivity index (χ4n) is 5.86. The lowest BCUT2D eigenvalue weighted by Gasteiger charge is -2.56. The summed E-state index contributed by atoms with van der Waals surface area (Å²) in [6, 6.07) is 5.45. The second kappa shape index (κ2) is 8.08. The molecule has 4 aliphatic carbocycles. The third-order valence-corrected chi connectivity index (χ3v) is 6.56. The van der Waals surface area contributed by atoms with Crippen molar-refractivity contribution in [2.75, 3.05) is 13.7 Å². The summed E-state index contributed by atoms with van der Waals surface area (Å²) in [6.45, 7) is -0.622. The van der Waals surface area contributed by atoms with E-state index in [1.165, 1.54) is 38.5 Å². The SMILES string of the molecule is COC(=O)c1ccccc1C(=O)OCC(=O)NC(=O)NC12CC3CC(CC(C3)C1)C2. The highest BCUT2D eigenvalue weighted by atomic mass is 16.5.